The molecule has 0 spiro atoms. The molecule has 2 aromatic rings. The molecule has 2 N–H and O–H groups in total. The largest absolute Gasteiger partial charge is 0.350 e. The molecule has 0 aliphatic rings. The number of hydrogen-bond donors (Lipinski definition) is 2. The monoisotopic (exact) mass is 368 g/mol. The van der Waals surface area contributed by atoms with Crippen LogP contribution in [0.1, 0.15) is 41.0 Å². The van der Waals surface area contributed by atoms with Crippen molar-refractivity contribution in [3.05, 3.63) is 72.3 Å². The van der Waals surface area contributed by atoms with Gasteiger partial charge < -0.3 is 10.6 Å². The van der Waals surface area contributed by atoms with Gasteiger partial charge in [-0.3, -0.25) is 9.59 Å². The van der Waals surface area contributed by atoms with Crippen molar-refractivity contribution in [1.82, 2.24) is 5.32 Å². The van der Waals surface area contributed by atoms with Crippen molar-refractivity contribution in [3.8, 4) is 0 Å². The first-order valence-electron chi connectivity index (χ1n) is 8.60. The van der Waals surface area contributed by atoms with Crippen LogP contribution < -0.4 is 10.6 Å². The highest BCUT2D eigenvalue weighted by Crippen LogP contribution is 2.24. The van der Waals surface area contributed by atoms with Gasteiger partial charge in [-0.05, 0) is 37.6 Å². The molecule has 136 valence electrons. The number of benzene rings is 2. The van der Waals surface area contributed by atoms with E-state index in [2.05, 4.69) is 17.2 Å². The third-order valence-electron chi connectivity index (χ3n) is 3.90. The standard InChI is InChI=1S/C21H24N2O2S/c1-4-14-26-19-13-9-7-11-17(19)21(25)23-18-12-8-6-10-16(18)20(24)22-15(3)5-2/h4,6-13,15H,1,5,14H2,2-3H3,(H,22,24)(H,23,25)/t15-/m1/s1. The Morgan fingerprint density at radius 1 is 1.08 bits per heavy atom. The molecule has 0 aromatic heterocycles. The highest BCUT2D eigenvalue weighted by Gasteiger charge is 2.17. The van der Waals surface area contributed by atoms with Gasteiger partial charge in [-0.25, -0.2) is 0 Å². The van der Waals surface area contributed by atoms with Crippen LogP contribution in [0.25, 0.3) is 0 Å². The Morgan fingerprint density at radius 2 is 1.73 bits per heavy atom. The average Bonchev–Trinajstić information content (AvgIpc) is 2.66. The summed E-state index contributed by atoms with van der Waals surface area (Å²) in [4.78, 5) is 26.1. The molecule has 0 bridgehead atoms. The summed E-state index contributed by atoms with van der Waals surface area (Å²) in [5, 5.41) is 5.81. The molecule has 0 radical (unpaired) electrons. The SMILES string of the molecule is C=CCSc1ccccc1C(=O)Nc1ccccc1C(=O)N[C@H](C)CC. The quantitative estimate of drug-likeness (QED) is 0.522. The number of carbonyl (C=O) groups excluding carboxylic acids is 2. The lowest BCUT2D eigenvalue weighted by atomic mass is 10.1. The molecule has 0 unspecified atom stereocenters. The van der Waals surface area contributed by atoms with Crippen LogP contribution in [0.3, 0.4) is 0 Å². The molecule has 0 aliphatic heterocycles. The second-order valence-electron chi connectivity index (χ2n) is 5.88. The second-order valence-corrected chi connectivity index (χ2v) is 6.94. The molecule has 2 amide bonds. The summed E-state index contributed by atoms with van der Waals surface area (Å²) in [5.74, 6) is 0.295. The van der Waals surface area contributed by atoms with Crippen LogP contribution in [-0.4, -0.2) is 23.6 Å². The highest BCUT2D eigenvalue weighted by atomic mass is 32.2. The fraction of sp³-hybridized carbons (Fsp3) is 0.238. The Kier molecular flexibility index (Phi) is 7.48. The Balaban J connectivity index is 2.23. The number of hydrogen-bond acceptors (Lipinski definition) is 3. The molecule has 5 heteroatoms. The van der Waals surface area contributed by atoms with E-state index in [4.69, 9.17) is 0 Å². The van der Waals surface area contributed by atoms with E-state index in [1.807, 2.05) is 32.0 Å². The predicted molar refractivity (Wildman–Crippen MR) is 109 cm³/mol. The van der Waals surface area contributed by atoms with Gasteiger partial charge in [-0.2, -0.15) is 0 Å². The van der Waals surface area contributed by atoms with Crippen molar-refractivity contribution >= 4 is 29.3 Å². The molecule has 0 aliphatic carbocycles. The molecule has 26 heavy (non-hydrogen) atoms. The molecule has 0 heterocycles. The van der Waals surface area contributed by atoms with Gasteiger partial charge in [0, 0.05) is 16.7 Å². The minimum atomic E-state index is -0.235. The Hall–Kier alpha value is -2.53. The zero-order valence-electron chi connectivity index (χ0n) is 15.1. The van der Waals surface area contributed by atoms with Gasteiger partial charge in [-0.1, -0.05) is 37.3 Å². The van der Waals surface area contributed by atoms with Gasteiger partial charge in [0.15, 0.2) is 0 Å². The average molecular weight is 369 g/mol. The van der Waals surface area contributed by atoms with E-state index in [0.717, 1.165) is 17.1 Å². The van der Waals surface area contributed by atoms with Crippen LogP contribution in [0.2, 0.25) is 0 Å². The van der Waals surface area contributed by atoms with Gasteiger partial charge >= 0.3 is 0 Å². The summed E-state index contributed by atoms with van der Waals surface area (Å²) in [5.41, 5.74) is 1.54. The van der Waals surface area contributed by atoms with E-state index in [1.54, 1.807) is 48.2 Å². The predicted octanol–water partition coefficient (Wildman–Crippen LogP) is 4.75. The minimum absolute atomic E-state index is 0.0716. The van der Waals surface area contributed by atoms with Gasteiger partial charge in [0.25, 0.3) is 11.8 Å². The van der Waals surface area contributed by atoms with E-state index in [1.165, 1.54) is 0 Å². The first kappa shape index (κ1) is 19.8. The van der Waals surface area contributed by atoms with Gasteiger partial charge in [-0.15, -0.1) is 18.3 Å². The number of amides is 2. The van der Waals surface area contributed by atoms with Crippen molar-refractivity contribution in [2.75, 3.05) is 11.1 Å². The summed E-state index contributed by atoms with van der Waals surface area (Å²) < 4.78 is 0. The lowest BCUT2D eigenvalue weighted by Crippen LogP contribution is -2.32. The van der Waals surface area contributed by atoms with Crippen molar-refractivity contribution in [3.63, 3.8) is 0 Å². The molecule has 2 rings (SSSR count). The van der Waals surface area contributed by atoms with Crippen LogP contribution in [0.5, 0.6) is 0 Å². The summed E-state index contributed by atoms with van der Waals surface area (Å²) in [7, 11) is 0. The Bertz CT molecular complexity index is 789. The lowest BCUT2D eigenvalue weighted by Gasteiger charge is -2.15. The van der Waals surface area contributed by atoms with Crippen molar-refractivity contribution in [2.24, 2.45) is 0 Å². The molecule has 4 nitrogen and oxygen atoms in total. The third kappa shape index (κ3) is 5.23. The number of para-hydroxylation sites is 1. The lowest BCUT2D eigenvalue weighted by molar-refractivity contribution is 0.0940. The van der Waals surface area contributed by atoms with Crippen molar-refractivity contribution in [1.29, 1.82) is 0 Å². The van der Waals surface area contributed by atoms with E-state index >= 15 is 0 Å². The number of thioether (sulfide) groups is 1. The first-order chi connectivity index (χ1) is 12.6. The molecule has 0 fully saturated rings. The number of anilines is 1. The highest BCUT2D eigenvalue weighted by molar-refractivity contribution is 7.99. The third-order valence-corrected chi connectivity index (χ3v) is 4.97. The molecular formula is C21H24N2O2S. The van der Waals surface area contributed by atoms with Crippen LogP contribution in [0.15, 0.2) is 66.1 Å². The zero-order valence-corrected chi connectivity index (χ0v) is 15.9. The number of carbonyl (C=O) groups is 2. The van der Waals surface area contributed by atoms with E-state index < -0.39 is 0 Å². The number of rotatable bonds is 8. The van der Waals surface area contributed by atoms with Crippen molar-refractivity contribution < 1.29 is 9.59 Å². The molecule has 0 saturated carbocycles. The van der Waals surface area contributed by atoms with E-state index in [-0.39, 0.29) is 17.9 Å². The van der Waals surface area contributed by atoms with Crippen LogP contribution in [-0.2, 0) is 0 Å². The van der Waals surface area contributed by atoms with Crippen LogP contribution >= 0.6 is 11.8 Å². The maximum atomic E-state index is 12.8. The van der Waals surface area contributed by atoms with Crippen LogP contribution in [0.4, 0.5) is 5.69 Å². The van der Waals surface area contributed by atoms with Crippen LogP contribution in [0, 0.1) is 0 Å². The zero-order chi connectivity index (χ0) is 18.9. The molecular weight excluding hydrogens is 344 g/mol. The first-order valence-corrected chi connectivity index (χ1v) is 9.59. The fourth-order valence-electron chi connectivity index (χ4n) is 2.31. The van der Waals surface area contributed by atoms with Gasteiger partial charge in [0.1, 0.15) is 0 Å². The summed E-state index contributed by atoms with van der Waals surface area (Å²) in [6.45, 7) is 7.67. The van der Waals surface area contributed by atoms with Gasteiger partial charge in [0.05, 0.1) is 16.8 Å². The maximum Gasteiger partial charge on any atom is 0.256 e. The number of nitrogens with one attached hydrogen (secondary N) is 2. The molecule has 0 saturated heterocycles. The fourth-order valence-corrected chi connectivity index (χ4v) is 3.10. The smallest absolute Gasteiger partial charge is 0.256 e. The van der Waals surface area contributed by atoms with E-state index in [9.17, 15) is 9.59 Å². The Morgan fingerprint density at radius 3 is 2.42 bits per heavy atom. The topological polar surface area (TPSA) is 58.2 Å². The molecule has 2 aromatic carbocycles. The summed E-state index contributed by atoms with van der Waals surface area (Å²) >= 11 is 1.55. The van der Waals surface area contributed by atoms with E-state index in [0.29, 0.717) is 16.8 Å². The summed E-state index contributed by atoms with van der Waals surface area (Å²) in [6.07, 6.45) is 2.64. The second kappa shape index (κ2) is 9.82. The summed E-state index contributed by atoms with van der Waals surface area (Å²) in [6, 6.07) is 14.5. The van der Waals surface area contributed by atoms with Gasteiger partial charge in [0.2, 0.25) is 0 Å². The van der Waals surface area contributed by atoms with Crippen molar-refractivity contribution in [2.45, 2.75) is 31.2 Å². The maximum absolute atomic E-state index is 12.8. The molecule has 1 atom stereocenters. The Labute approximate surface area is 159 Å². The minimum Gasteiger partial charge on any atom is -0.350 e. The normalized spacial score (nSPS) is 11.5.